The highest BCUT2D eigenvalue weighted by atomic mass is 79.9. The van der Waals surface area contributed by atoms with E-state index in [1.165, 1.54) is 23.9 Å². The molecule has 1 aliphatic rings. The van der Waals surface area contributed by atoms with Crippen LogP contribution in [0.4, 0.5) is 10.1 Å². The topological polar surface area (TPSA) is 29.5 Å². The van der Waals surface area contributed by atoms with Gasteiger partial charge in [0, 0.05) is 20.7 Å². The molecule has 0 spiro atoms. The Bertz CT molecular complexity index is 1100. The second-order valence-corrected chi connectivity index (χ2v) is 9.90. The van der Waals surface area contributed by atoms with E-state index in [9.17, 15) is 9.18 Å². The highest BCUT2D eigenvalue weighted by Crippen LogP contribution is 2.48. The Morgan fingerprint density at radius 1 is 1.13 bits per heavy atom. The van der Waals surface area contributed by atoms with Crippen molar-refractivity contribution in [3.63, 3.8) is 0 Å². The number of nitrogens with zero attached hydrogens (tertiary/aromatic N) is 1. The summed E-state index contributed by atoms with van der Waals surface area (Å²) in [5.74, 6) is 0.686. The number of thioether (sulfide) groups is 1. The molecule has 0 N–H and O–H groups in total. The molecule has 3 nitrogen and oxygen atoms in total. The molecule has 0 unspecified atom stereocenters. The second kappa shape index (κ2) is 9.30. The van der Waals surface area contributed by atoms with Crippen LogP contribution in [0.3, 0.4) is 0 Å². The van der Waals surface area contributed by atoms with Crippen molar-refractivity contribution >= 4 is 66.8 Å². The molecule has 1 saturated heterocycles. The van der Waals surface area contributed by atoms with Gasteiger partial charge in [0.25, 0.3) is 0 Å². The molecule has 0 saturated carbocycles. The third-order valence-corrected chi connectivity index (χ3v) is 7.04. The highest BCUT2D eigenvalue weighted by molar-refractivity contribution is 9.11. The van der Waals surface area contributed by atoms with Crippen LogP contribution >= 0.6 is 55.2 Å². The van der Waals surface area contributed by atoms with Crippen molar-refractivity contribution in [1.29, 1.82) is 0 Å². The van der Waals surface area contributed by atoms with E-state index in [1.807, 2.05) is 30.3 Å². The summed E-state index contributed by atoms with van der Waals surface area (Å²) in [5, 5.41) is 0.342. The van der Waals surface area contributed by atoms with Gasteiger partial charge in [-0.05, 0) is 70.0 Å². The lowest BCUT2D eigenvalue weighted by molar-refractivity contribution is -0.115. The summed E-state index contributed by atoms with van der Waals surface area (Å²) in [5.41, 5.74) is 2.34. The monoisotopic (exact) mass is 569 g/mol. The molecule has 0 radical (unpaired) electrons. The molecular formula is C22H15Br2ClFNO2S. The van der Waals surface area contributed by atoms with E-state index in [0.717, 1.165) is 25.8 Å². The van der Waals surface area contributed by atoms with Gasteiger partial charge in [-0.15, -0.1) is 11.8 Å². The number of benzene rings is 3. The van der Waals surface area contributed by atoms with Crippen molar-refractivity contribution in [2.24, 2.45) is 0 Å². The van der Waals surface area contributed by atoms with Crippen molar-refractivity contribution in [3.8, 4) is 5.75 Å². The first kappa shape index (κ1) is 21.7. The average molecular weight is 572 g/mol. The van der Waals surface area contributed by atoms with Gasteiger partial charge in [0.1, 0.15) is 23.5 Å². The van der Waals surface area contributed by atoms with Crippen LogP contribution in [0.2, 0.25) is 5.02 Å². The zero-order valence-electron chi connectivity index (χ0n) is 15.4. The molecule has 1 aliphatic heterocycles. The molecule has 154 valence electrons. The maximum absolute atomic E-state index is 13.5. The largest absolute Gasteiger partial charge is 0.487 e. The number of anilines is 1. The van der Waals surface area contributed by atoms with Gasteiger partial charge in [0.2, 0.25) is 5.91 Å². The van der Waals surface area contributed by atoms with E-state index in [1.54, 1.807) is 23.1 Å². The lowest BCUT2D eigenvalue weighted by Gasteiger charge is -2.27. The van der Waals surface area contributed by atoms with E-state index in [4.69, 9.17) is 16.3 Å². The van der Waals surface area contributed by atoms with Crippen LogP contribution < -0.4 is 9.64 Å². The highest BCUT2D eigenvalue weighted by Gasteiger charge is 2.36. The van der Waals surface area contributed by atoms with Gasteiger partial charge in [-0.1, -0.05) is 39.7 Å². The Morgan fingerprint density at radius 3 is 2.63 bits per heavy atom. The fraction of sp³-hybridized carbons (Fsp3) is 0.136. The Hall–Kier alpha value is -1.54. The fourth-order valence-corrected chi connectivity index (χ4v) is 5.91. The summed E-state index contributed by atoms with van der Waals surface area (Å²) >= 11 is 14.7. The number of hydrogen-bond acceptors (Lipinski definition) is 3. The zero-order chi connectivity index (χ0) is 21.3. The van der Waals surface area contributed by atoms with Crippen LogP contribution in [0.15, 0.2) is 69.6 Å². The van der Waals surface area contributed by atoms with E-state index < -0.39 is 0 Å². The zero-order valence-corrected chi connectivity index (χ0v) is 20.2. The summed E-state index contributed by atoms with van der Waals surface area (Å²) in [4.78, 5) is 14.5. The van der Waals surface area contributed by atoms with E-state index in [0.29, 0.717) is 16.5 Å². The fourth-order valence-electron chi connectivity index (χ4n) is 3.23. The number of halogens is 4. The van der Waals surface area contributed by atoms with Crippen LogP contribution in [-0.2, 0) is 11.4 Å². The molecule has 0 aromatic heterocycles. The molecule has 0 aliphatic carbocycles. The second-order valence-electron chi connectivity index (χ2n) is 6.63. The summed E-state index contributed by atoms with van der Waals surface area (Å²) in [6, 6.07) is 17.3. The predicted octanol–water partition coefficient (Wildman–Crippen LogP) is 7.36. The van der Waals surface area contributed by atoms with E-state index in [-0.39, 0.29) is 23.7 Å². The minimum atomic E-state index is -0.308. The van der Waals surface area contributed by atoms with Crippen molar-refractivity contribution in [1.82, 2.24) is 0 Å². The smallest absolute Gasteiger partial charge is 0.238 e. The van der Waals surface area contributed by atoms with Gasteiger partial charge in [0.05, 0.1) is 10.2 Å². The molecule has 0 bridgehead atoms. The quantitative estimate of drug-likeness (QED) is 0.321. The minimum Gasteiger partial charge on any atom is -0.487 e. The van der Waals surface area contributed by atoms with Gasteiger partial charge in [-0.2, -0.15) is 0 Å². The summed E-state index contributed by atoms with van der Waals surface area (Å²) in [7, 11) is 0. The standard InChI is InChI=1S/C22H15Br2ClFNO2S/c23-14-9-18(21(19(24)10-14)29-11-13-2-1-3-16(26)8-13)22-27(20(28)12-30-22)17-6-4-15(25)5-7-17/h1-10,22H,11-12H2/t22-/m1/s1. The number of hydrogen-bond donors (Lipinski definition) is 0. The predicted molar refractivity (Wildman–Crippen MR) is 127 cm³/mol. The SMILES string of the molecule is O=C1CS[C@H](c2cc(Br)cc(Br)c2OCc2cccc(F)c2)N1c1ccc(Cl)cc1. The molecule has 3 aromatic carbocycles. The van der Waals surface area contributed by atoms with Crippen molar-refractivity contribution in [2.45, 2.75) is 12.0 Å². The molecule has 1 atom stereocenters. The van der Waals surface area contributed by atoms with Gasteiger partial charge in [-0.3, -0.25) is 9.69 Å². The van der Waals surface area contributed by atoms with Gasteiger partial charge in [-0.25, -0.2) is 4.39 Å². The summed E-state index contributed by atoms with van der Waals surface area (Å²) in [6.07, 6.45) is 0. The van der Waals surface area contributed by atoms with Crippen molar-refractivity contribution < 1.29 is 13.9 Å². The van der Waals surface area contributed by atoms with Crippen LogP contribution in [0.5, 0.6) is 5.75 Å². The normalized spacial score (nSPS) is 16.2. The third-order valence-electron chi connectivity index (χ3n) is 4.55. The molecule has 30 heavy (non-hydrogen) atoms. The van der Waals surface area contributed by atoms with Crippen LogP contribution in [0, 0.1) is 5.82 Å². The molecule has 1 amide bonds. The molecule has 1 heterocycles. The van der Waals surface area contributed by atoms with Crippen LogP contribution in [0.1, 0.15) is 16.5 Å². The van der Waals surface area contributed by atoms with Crippen LogP contribution in [-0.4, -0.2) is 11.7 Å². The van der Waals surface area contributed by atoms with Crippen molar-refractivity contribution in [2.75, 3.05) is 10.7 Å². The molecule has 8 heteroatoms. The molecule has 3 aromatic rings. The lowest BCUT2D eigenvalue weighted by Crippen LogP contribution is -2.28. The van der Waals surface area contributed by atoms with E-state index >= 15 is 0 Å². The first-order valence-electron chi connectivity index (χ1n) is 8.98. The molecule has 1 fully saturated rings. The minimum absolute atomic E-state index is 0.0134. The first-order valence-corrected chi connectivity index (χ1v) is 12.0. The Kier molecular flexibility index (Phi) is 6.72. The first-order chi connectivity index (χ1) is 14.4. The number of ether oxygens (including phenoxy) is 1. The molecular weight excluding hydrogens is 557 g/mol. The molecule has 4 rings (SSSR count). The average Bonchev–Trinajstić information content (AvgIpc) is 3.09. The number of amides is 1. The van der Waals surface area contributed by atoms with Gasteiger partial charge in [0.15, 0.2) is 0 Å². The Morgan fingerprint density at radius 2 is 1.90 bits per heavy atom. The summed E-state index contributed by atoms with van der Waals surface area (Å²) in [6.45, 7) is 0.206. The number of rotatable bonds is 5. The maximum atomic E-state index is 13.5. The van der Waals surface area contributed by atoms with Crippen LogP contribution in [0.25, 0.3) is 0 Å². The van der Waals surface area contributed by atoms with Gasteiger partial charge < -0.3 is 4.74 Å². The number of carbonyl (C=O) groups excluding carboxylic acids is 1. The maximum Gasteiger partial charge on any atom is 0.238 e. The van der Waals surface area contributed by atoms with Gasteiger partial charge >= 0.3 is 0 Å². The lowest BCUT2D eigenvalue weighted by atomic mass is 10.1. The Labute approximate surface area is 199 Å². The number of carbonyl (C=O) groups is 1. The summed E-state index contributed by atoms with van der Waals surface area (Å²) < 4.78 is 21.2. The Balaban J connectivity index is 1.70. The van der Waals surface area contributed by atoms with Crippen molar-refractivity contribution in [3.05, 3.63) is 91.6 Å². The van der Waals surface area contributed by atoms with E-state index in [2.05, 4.69) is 31.9 Å². The third kappa shape index (κ3) is 4.69.